The molecule has 0 amide bonds. The summed E-state index contributed by atoms with van der Waals surface area (Å²) in [5.74, 6) is 0.467. The minimum Gasteiger partial charge on any atom is -0.167 e. The van der Waals surface area contributed by atoms with E-state index in [1.54, 1.807) is 24.3 Å². The number of rotatable bonds is 4. The third kappa shape index (κ3) is 5.43. The standard InChI is InChI=1S/C17H14ClF3S/c1-12-5-7-13(8-6-12)11-22-16(10-17(19,20)21)14-3-2-4-15(18)9-14/h2-10H,11H2,1H3. The van der Waals surface area contributed by atoms with Gasteiger partial charge in [-0.1, -0.05) is 53.6 Å². The topological polar surface area (TPSA) is 0 Å². The van der Waals surface area contributed by atoms with Crippen LogP contribution in [0.2, 0.25) is 5.02 Å². The Morgan fingerprint density at radius 2 is 1.82 bits per heavy atom. The second-order valence-corrected chi connectivity index (χ2v) is 6.29. The van der Waals surface area contributed by atoms with E-state index in [1.165, 1.54) is 0 Å². The molecule has 0 N–H and O–H groups in total. The van der Waals surface area contributed by atoms with Crippen LogP contribution < -0.4 is 0 Å². The predicted octanol–water partition coefficient (Wildman–Crippen LogP) is 6.49. The first-order valence-electron chi connectivity index (χ1n) is 6.57. The molecule has 0 aliphatic heterocycles. The molecule has 0 saturated carbocycles. The fourth-order valence-corrected chi connectivity index (χ4v) is 3.06. The molecule has 0 aromatic heterocycles. The Hall–Kier alpha value is -1.39. The highest BCUT2D eigenvalue weighted by Crippen LogP contribution is 2.35. The first-order chi connectivity index (χ1) is 10.3. The molecule has 2 aromatic carbocycles. The zero-order chi connectivity index (χ0) is 16.2. The molecule has 2 aromatic rings. The van der Waals surface area contributed by atoms with Crippen molar-refractivity contribution in [3.63, 3.8) is 0 Å². The molecule has 0 bridgehead atoms. The number of aryl methyl sites for hydroxylation is 1. The Morgan fingerprint density at radius 3 is 2.41 bits per heavy atom. The summed E-state index contributed by atoms with van der Waals surface area (Å²) in [6.07, 6.45) is -4.03. The van der Waals surface area contributed by atoms with Crippen LogP contribution in [0.5, 0.6) is 0 Å². The van der Waals surface area contributed by atoms with Crippen LogP contribution in [-0.4, -0.2) is 6.18 Å². The fraction of sp³-hybridized carbons (Fsp3) is 0.176. The number of allylic oxidation sites excluding steroid dienone is 1. The predicted molar refractivity (Wildman–Crippen MR) is 88.0 cm³/mol. The normalized spacial score (nSPS) is 12.5. The fourth-order valence-electron chi connectivity index (χ4n) is 1.84. The molecule has 0 unspecified atom stereocenters. The second-order valence-electron chi connectivity index (χ2n) is 4.83. The minimum absolute atomic E-state index is 0.163. The van der Waals surface area contributed by atoms with Crippen molar-refractivity contribution in [3.05, 3.63) is 76.3 Å². The molecule has 116 valence electrons. The summed E-state index contributed by atoms with van der Waals surface area (Å²) in [6, 6.07) is 14.2. The quantitative estimate of drug-likeness (QED) is 0.612. The summed E-state index contributed by atoms with van der Waals surface area (Å²) >= 11 is 7.03. The van der Waals surface area contributed by atoms with Gasteiger partial charge in [0.05, 0.1) is 0 Å². The van der Waals surface area contributed by atoms with E-state index < -0.39 is 6.18 Å². The zero-order valence-electron chi connectivity index (χ0n) is 11.8. The van der Waals surface area contributed by atoms with Crippen molar-refractivity contribution in [1.29, 1.82) is 0 Å². The van der Waals surface area contributed by atoms with Gasteiger partial charge in [0.25, 0.3) is 0 Å². The van der Waals surface area contributed by atoms with E-state index in [9.17, 15) is 13.2 Å². The first-order valence-corrected chi connectivity index (χ1v) is 7.94. The van der Waals surface area contributed by atoms with E-state index in [1.807, 2.05) is 31.2 Å². The van der Waals surface area contributed by atoms with E-state index in [0.717, 1.165) is 22.9 Å². The Kier molecular flexibility index (Phi) is 5.59. The summed E-state index contributed by atoms with van der Waals surface area (Å²) in [5, 5.41) is 0.418. The van der Waals surface area contributed by atoms with Crippen LogP contribution in [0.3, 0.4) is 0 Å². The Morgan fingerprint density at radius 1 is 1.14 bits per heavy atom. The molecule has 22 heavy (non-hydrogen) atoms. The van der Waals surface area contributed by atoms with Crippen molar-refractivity contribution in [3.8, 4) is 0 Å². The van der Waals surface area contributed by atoms with Crippen LogP contribution in [0.25, 0.3) is 4.91 Å². The summed E-state index contributed by atoms with van der Waals surface area (Å²) in [7, 11) is 0. The monoisotopic (exact) mass is 342 g/mol. The van der Waals surface area contributed by atoms with Gasteiger partial charge in [-0.05, 0) is 30.2 Å². The van der Waals surface area contributed by atoms with Crippen molar-refractivity contribution < 1.29 is 13.2 Å². The van der Waals surface area contributed by atoms with Gasteiger partial charge in [0.15, 0.2) is 0 Å². The highest BCUT2D eigenvalue weighted by Gasteiger charge is 2.25. The molecule has 0 aliphatic rings. The first kappa shape index (κ1) is 17.0. The maximum atomic E-state index is 12.7. The molecule has 0 radical (unpaired) electrons. The Bertz CT molecular complexity index is 660. The SMILES string of the molecule is Cc1ccc(CSC(=CC(F)(F)F)c2cccc(Cl)c2)cc1. The molecule has 0 heterocycles. The molecule has 0 atom stereocenters. The molecular formula is C17H14ClF3S. The van der Waals surface area contributed by atoms with Crippen LogP contribution in [-0.2, 0) is 5.75 Å². The van der Waals surface area contributed by atoms with E-state index in [0.29, 0.717) is 22.4 Å². The number of hydrogen-bond acceptors (Lipinski definition) is 1. The van der Waals surface area contributed by atoms with Crippen molar-refractivity contribution in [1.82, 2.24) is 0 Å². The molecular weight excluding hydrogens is 329 g/mol. The van der Waals surface area contributed by atoms with Gasteiger partial charge in [0.1, 0.15) is 0 Å². The maximum absolute atomic E-state index is 12.7. The highest BCUT2D eigenvalue weighted by molar-refractivity contribution is 8.07. The number of thioether (sulfide) groups is 1. The number of alkyl halides is 3. The van der Waals surface area contributed by atoms with Gasteiger partial charge in [0.2, 0.25) is 0 Å². The van der Waals surface area contributed by atoms with Gasteiger partial charge < -0.3 is 0 Å². The Labute approximate surface area is 137 Å². The van der Waals surface area contributed by atoms with E-state index in [-0.39, 0.29) is 4.91 Å². The molecule has 5 heteroatoms. The zero-order valence-corrected chi connectivity index (χ0v) is 13.4. The molecule has 0 aliphatic carbocycles. The summed E-state index contributed by atoms with van der Waals surface area (Å²) in [4.78, 5) is 0.163. The lowest BCUT2D eigenvalue weighted by molar-refractivity contribution is -0.0791. The lowest BCUT2D eigenvalue weighted by atomic mass is 10.2. The number of benzene rings is 2. The van der Waals surface area contributed by atoms with Crippen molar-refractivity contribution in [2.45, 2.75) is 18.9 Å². The average Bonchev–Trinajstić information content (AvgIpc) is 2.44. The lowest BCUT2D eigenvalue weighted by Gasteiger charge is -2.10. The molecule has 0 spiro atoms. The van der Waals surface area contributed by atoms with Crippen LogP contribution in [0, 0.1) is 6.92 Å². The van der Waals surface area contributed by atoms with Crippen LogP contribution in [0.1, 0.15) is 16.7 Å². The van der Waals surface area contributed by atoms with Gasteiger partial charge in [-0.25, -0.2) is 0 Å². The smallest absolute Gasteiger partial charge is 0.167 e. The third-order valence-electron chi connectivity index (χ3n) is 2.92. The van der Waals surface area contributed by atoms with Crippen LogP contribution in [0.15, 0.2) is 54.6 Å². The van der Waals surface area contributed by atoms with Gasteiger partial charge in [-0.2, -0.15) is 13.2 Å². The average molecular weight is 343 g/mol. The number of hydrogen-bond donors (Lipinski definition) is 0. The Balaban J connectivity index is 2.22. The molecule has 2 rings (SSSR count). The van der Waals surface area contributed by atoms with Crippen LogP contribution >= 0.6 is 23.4 Å². The van der Waals surface area contributed by atoms with Crippen molar-refractivity contribution >= 4 is 28.3 Å². The van der Waals surface area contributed by atoms with E-state index >= 15 is 0 Å². The summed E-state index contributed by atoms with van der Waals surface area (Å²) < 4.78 is 38.2. The van der Waals surface area contributed by atoms with Gasteiger partial charge in [-0.15, -0.1) is 11.8 Å². The molecule has 0 fully saturated rings. The van der Waals surface area contributed by atoms with E-state index in [4.69, 9.17) is 11.6 Å². The van der Waals surface area contributed by atoms with Gasteiger partial charge in [0, 0.05) is 21.8 Å². The van der Waals surface area contributed by atoms with E-state index in [2.05, 4.69) is 0 Å². The van der Waals surface area contributed by atoms with Crippen LogP contribution in [0.4, 0.5) is 13.2 Å². The highest BCUT2D eigenvalue weighted by atomic mass is 35.5. The molecule has 0 nitrogen and oxygen atoms in total. The lowest BCUT2D eigenvalue weighted by Crippen LogP contribution is -2.02. The summed E-state index contributed by atoms with van der Waals surface area (Å²) in [6.45, 7) is 1.97. The molecule has 0 saturated heterocycles. The maximum Gasteiger partial charge on any atom is 0.410 e. The minimum atomic E-state index is -4.36. The van der Waals surface area contributed by atoms with Gasteiger partial charge >= 0.3 is 6.18 Å². The largest absolute Gasteiger partial charge is 0.410 e. The third-order valence-corrected chi connectivity index (χ3v) is 4.30. The number of halogens is 4. The van der Waals surface area contributed by atoms with Gasteiger partial charge in [-0.3, -0.25) is 0 Å². The second kappa shape index (κ2) is 7.25. The van der Waals surface area contributed by atoms with Crippen molar-refractivity contribution in [2.75, 3.05) is 0 Å². The summed E-state index contributed by atoms with van der Waals surface area (Å²) in [5.41, 5.74) is 2.57. The van der Waals surface area contributed by atoms with Crippen molar-refractivity contribution in [2.24, 2.45) is 0 Å².